The van der Waals surface area contributed by atoms with E-state index in [4.69, 9.17) is 0 Å². The fourth-order valence-corrected chi connectivity index (χ4v) is 3.00. The molecule has 21 heavy (non-hydrogen) atoms. The van der Waals surface area contributed by atoms with Crippen LogP contribution in [0.1, 0.15) is 32.6 Å². The molecule has 0 radical (unpaired) electrons. The average molecular weight is 288 g/mol. The molecule has 0 unspecified atom stereocenters. The molecule has 0 aliphatic heterocycles. The van der Waals surface area contributed by atoms with Crippen molar-refractivity contribution in [2.45, 2.75) is 45.2 Å². The van der Waals surface area contributed by atoms with E-state index in [1.165, 1.54) is 15.5 Å². The Balaban J connectivity index is 1.71. The zero-order valence-corrected chi connectivity index (χ0v) is 12.2. The molecule has 0 saturated heterocycles. The number of hydrogen-bond acceptors (Lipinski definition) is 3. The lowest BCUT2D eigenvalue weighted by Crippen LogP contribution is -2.44. The topological polar surface area (TPSA) is 68.4 Å². The molecule has 3 rings (SSSR count). The van der Waals surface area contributed by atoms with Crippen molar-refractivity contribution in [3.8, 4) is 0 Å². The number of carbonyl (C=O) groups is 1. The number of hydrogen-bond donors (Lipinski definition) is 1. The third kappa shape index (κ3) is 2.84. The zero-order chi connectivity index (χ0) is 14.8. The minimum atomic E-state index is -0.288. The van der Waals surface area contributed by atoms with Crippen molar-refractivity contribution in [2.24, 2.45) is 5.92 Å². The van der Waals surface area contributed by atoms with E-state index in [0.29, 0.717) is 5.92 Å². The van der Waals surface area contributed by atoms with E-state index >= 15 is 0 Å². The van der Waals surface area contributed by atoms with E-state index < -0.39 is 0 Å². The molecule has 1 amide bonds. The molecular weight excluding hydrogens is 268 g/mol. The number of nitrogens with one attached hydrogen (secondary N) is 1. The van der Waals surface area contributed by atoms with Crippen molar-refractivity contribution in [2.75, 3.05) is 0 Å². The summed E-state index contributed by atoms with van der Waals surface area (Å²) in [6.07, 6.45) is 7.83. The Hall–Kier alpha value is -2.11. The Labute approximate surface area is 122 Å². The Bertz CT molecular complexity index is 703. The van der Waals surface area contributed by atoms with Crippen LogP contribution in [0.3, 0.4) is 0 Å². The molecule has 2 aromatic heterocycles. The summed E-state index contributed by atoms with van der Waals surface area (Å²) in [5.41, 5.74) is 0.446. The standard InChI is InChI=1S/C15H20N4O2/c1-11-5-2-3-7-13(11)17-14(20)10-19-15(21)18-8-4-6-12(18)9-16-19/h4,6,8-9,11,13H,2-3,5,7,10H2,1H3,(H,17,20)/t11-,13+/m1/s1. The molecule has 0 bridgehead atoms. The molecule has 6 nitrogen and oxygen atoms in total. The summed E-state index contributed by atoms with van der Waals surface area (Å²) in [6.45, 7) is 2.14. The summed E-state index contributed by atoms with van der Waals surface area (Å²) in [5, 5.41) is 7.09. The van der Waals surface area contributed by atoms with Crippen molar-refractivity contribution < 1.29 is 4.79 Å². The van der Waals surface area contributed by atoms with Gasteiger partial charge in [0.25, 0.3) is 0 Å². The highest BCUT2D eigenvalue weighted by atomic mass is 16.2. The first-order valence-electron chi connectivity index (χ1n) is 7.48. The van der Waals surface area contributed by atoms with Gasteiger partial charge in [-0.25, -0.2) is 9.48 Å². The van der Waals surface area contributed by atoms with Gasteiger partial charge in [-0.2, -0.15) is 5.10 Å². The minimum Gasteiger partial charge on any atom is -0.351 e. The molecule has 1 saturated carbocycles. The molecule has 0 aromatic carbocycles. The van der Waals surface area contributed by atoms with E-state index in [0.717, 1.165) is 24.8 Å². The number of amides is 1. The van der Waals surface area contributed by atoms with Crippen LogP contribution in [0.2, 0.25) is 0 Å². The first-order valence-corrected chi connectivity index (χ1v) is 7.48. The summed E-state index contributed by atoms with van der Waals surface area (Å²) in [7, 11) is 0. The maximum absolute atomic E-state index is 12.2. The highest BCUT2D eigenvalue weighted by Crippen LogP contribution is 2.23. The fourth-order valence-electron chi connectivity index (χ4n) is 3.00. The third-order valence-electron chi connectivity index (χ3n) is 4.29. The Morgan fingerprint density at radius 1 is 1.43 bits per heavy atom. The molecular formula is C15H20N4O2. The SMILES string of the molecule is C[C@@H]1CCCC[C@@H]1NC(=O)Cn1ncc2cccn2c1=O. The van der Waals surface area contributed by atoms with Crippen LogP contribution in [0.4, 0.5) is 0 Å². The molecule has 2 heterocycles. The molecule has 1 aliphatic carbocycles. The highest BCUT2D eigenvalue weighted by molar-refractivity contribution is 5.76. The smallest absolute Gasteiger partial charge is 0.349 e. The largest absolute Gasteiger partial charge is 0.351 e. The summed E-state index contributed by atoms with van der Waals surface area (Å²) in [5.74, 6) is 0.356. The number of nitrogens with zero attached hydrogens (tertiary/aromatic N) is 3. The van der Waals surface area contributed by atoms with Crippen LogP contribution in [0.25, 0.3) is 5.52 Å². The predicted molar refractivity (Wildman–Crippen MR) is 79.0 cm³/mol. The van der Waals surface area contributed by atoms with Gasteiger partial charge < -0.3 is 5.32 Å². The van der Waals surface area contributed by atoms with Gasteiger partial charge in [0.15, 0.2) is 0 Å². The number of aromatic nitrogens is 3. The van der Waals surface area contributed by atoms with Crippen molar-refractivity contribution in [1.82, 2.24) is 19.5 Å². The summed E-state index contributed by atoms with van der Waals surface area (Å²) < 4.78 is 2.69. The Kier molecular flexibility index (Phi) is 3.77. The summed E-state index contributed by atoms with van der Waals surface area (Å²) >= 11 is 0. The highest BCUT2D eigenvalue weighted by Gasteiger charge is 2.23. The van der Waals surface area contributed by atoms with E-state index in [2.05, 4.69) is 17.3 Å². The minimum absolute atomic E-state index is 0.0316. The zero-order valence-electron chi connectivity index (χ0n) is 12.2. The molecule has 6 heteroatoms. The van der Waals surface area contributed by atoms with Crippen molar-refractivity contribution >= 4 is 11.4 Å². The predicted octanol–water partition coefficient (Wildman–Crippen LogP) is 1.19. The molecule has 0 spiro atoms. The number of rotatable bonds is 3. The molecule has 1 N–H and O–H groups in total. The van der Waals surface area contributed by atoms with Gasteiger partial charge >= 0.3 is 5.69 Å². The Morgan fingerprint density at radius 3 is 3.05 bits per heavy atom. The summed E-state index contributed by atoms with van der Waals surface area (Å²) in [6, 6.07) is 3.81. The monoisotopic (exact) mass is 288 g/mol. The van der Waals surface area contributed by atoms with Crippen LogP contribution in [0.5, 0.6) is 0 Å². The lowest BCUT2D eigenvalue weighted by molar-refractivity contribution is -0.123. The normalized spacial score (nSPS) is 22.3. The van der Waals surface area contributed by atoms with Crippen LogP contribution in [0.15, 0.2) is 29.3 Å². The van der Waals surface area contributed by atoms with Gasteiger partial charge in [-0.1, -0.05) is 19.8 Å². The van der Waals surface area contributed by atoms with Crippen molar-refractivity contribution in [1.29, 1.82) is 0 Å². The molecule has 112 valence electrons. The van der Waals surface area contributed by atoms with Gasteiger partial charge in [-0.05, 0) is 30.9 Å². The second-order valence-electron chi connectivity index (χ2n) is 5.82. The van der Waals surface area contributed by atoms with Crippen LogP contribution < -0.4 is 11.0 Å². The second kappa shape index (κ2) is 5.71. The maximum Gasteiger partial charge on any atom is 0.349 e. The second-order valence-corrected chi connectivity index (χ2v) is 5.82. The van der Waals surface area contributed by atoms with Crippen LogP contribution in [-0.4, -0.2) is 26.1 Å². The molecule has 2 atom stereocenters. The van der Waals surface area contributed by atoms with Crippen molar-refractivity contribution in [3.63, 3.8) is 0 Å². The van der Waals surface area contributed by atoms with E-state index in [1.54, 1.807) is 18.5 Å². The van der Waals surface area contributed by atoms with Crippen LogP contribution in [0, 0.1) is 5.92 Å². The van der Waals surface area contributed by atoms with Crippen LogP contribution >= 0.6 is 0 Å². The third-order valence-corrected chi connectivity index (χ3v) is 4.29. The first-order chi connectivity index (χ1) is 10.1. The van der Waals surface area contributed by atoms with E-state index in [9.17, 15) is 9.59 Å². The molecule has 1 aliphatic rings. The molecule has 1 fully saturated rings. The van der Waals surface area contributed by atoms with Gasteiger partial charge in [-0.3, -0.25) is 9.20 Å². The van der Waals surface area contributed by atoms with Gasteiger partial charge in [0.05, 0.1) is 11.7 Å². The first kappa shape index (κ1) is 13.9. The van der Waals surface area contributed by atoms with Gasteiger partial charge in [0.1, 0.15) is 6.54 Å². The molecule has 2 aromatic rings. The lowest BCUT2D eigenvalue weighted by atomic mass is 9.86. The lowest BCUT2D eigenvalue weighted by Gasteiger charge is -2.29. The number of carbonyl (C=O) groups excluding carboxylic acids is 1. The Morgan fingerprint density at radius 2 is 2.24 bits per heavy atom. The van der Waals surface area contributed by atoms with Gasteiger partial charge in [-0.15, -0.1) is 0 Å². The van der Waals surface area contributed by atoms with E-state index in [1.807, 2.05) is 6.07 Å². The van der Waals surface area contributed by atoms with Crippen LogP contribution in [-0.2, 0) is 11.3 Å². The summed E-state index contributed by atoms with van der Waals surface area (Å²) in [4.78, 5) is 24.3. The number of fused-ring (bicyclic) bond motifs is 1. The average Bonchev–Trinajstić information content (AvgIpc) is 2.94. The fraction of sp³-hybridized carbons (Fsp3) is 0.533. The van der Waals surface area contributed by atoms with Gasteiger partial charge in [0.2, 0.25) is 5.91 Å². The quantitative estimate of drug-likeness (QED) is 0.922. The van der Waals surface area contributed by atoms with Crippen molar-refractivity contribution in [3.05, 3.63) is 35.0 Å². The van der Waals surface area contributed by atoms with Gasteiger partial charge in [0, 0.05) is 12.2 Å². The maximum atomic E-state index is 12.2. The van der Waals surface area contributed by atoms with E-state index in [-0.39, 0.29) is 24.2 Å².